The zero-order valence-electron chi connectivity index (χ0n) is 14.9. The first kappa shape index (κ1) is 17.7. The van der Waals surface area contributed by atoms with Crippen molar-refractivity contribution in [2.24, 2.45) is 5.92 Å². The highest BCUT2D eigenvalue weighted by Gasteiger charge is 2.32. The summed E-state index contributed by atoms with van der Waals surface area (Å²) in [5.41, 5.74) is 0.787. The Morgan fingerprint density at radius 1 is 1.00 bits per heavy atom. The first-order chi connectivity index (χ1) is 12.2. The van der Waals surface area contributed by atoms with Crippen molar-refractivity contribution in [2.75, 3.05) is 38.5 Å². The molecule has 25 heavy (non-hydrogen) atoms. The summed E-state index contributed by atoms with van der Waals surface area (Å²) in [6.45, 7) is 2.86. The maximum absolute atomic E-state index is 12.8. The van der Waals surface area contributed by atoms with Gasteiger partial charge in [0.2, 0.25) is 5.91 Å². The molecule has 1 atom stereocenters. The first-order valence-electron chi connectivity index (χ1n) is 9.24. The molecule has 0 saturated carbocycles. The van der Waals surface area contributed by atoms with Crippen molar-refractivity contribution in [1.82, 2.24) is 15.1 Å². The minimum absolute atomic E-state index is 0.0681. The Morgan fingerprint density at radius 2 is 1.72 bits per heavy atom. The SMILES string of the molecule is CNC1CCN(C(=O)C2CCCN(C(=O)Nc3ccccc3)C2)CC1. The van der Waals surface area contributed by atoms with Gasteiger partial charge in [0.05, 0.1) is 5.92 Å². The summed E-state index contributed by atoms with van der Waals surface area (Å²) in [4.78, 5) is 29.1. The summed E-state index contributed by atoms with van der Waals surface area (Å²) in [5, 5.41) is 6.21. The van der Waals surface area contributed by atoms with Crippen molar-refractivity contribution in [3.05, 3.63) is 30.3 Å². The number of nitrogens with zero attached hydrogens (tertiary/aromatic N) is 2. The number of para-hydroxylation sites is 1. The van der Waals surface area contributed by atoms with E-state index in [-0.39, 0.29) is 17.9 Å². The van der Waals surface area contributed by atoms with Crippen molar-refractivity contribution in [3.8, 4) is 0 Å². The van der Waals surface area contributed by atoms with Gasteiger partial charge in [0.15, 0.2) is 0 Å². The Balaban J connectivity index is 1.54. The van der Waals surface area contributed by atoms with Crippen molar-refractivity contribution in [2.45, 2.75) is 31.7 Å². The number of hydrogen-bond donors (Lipinski definition) is 2. The minimum Gasteiger partial charge on any atom is -0.342 e. The van der Waals surface area contributed by atoms with Crippen LogP contribution in [0.15, 0.2) is 30.3 Å². The lowest BCUT2D eigenvalue weighted by Crippen LogP contribution is -2.50. The largest absolute Gasteiger partial charge is 0.342 e. The number of piperidine rings is 2. The average molecular weight is 344 g/mol. The molecule has 2 N–H and O–H groups in total. The van der Waals surface area contributed by atoms with Gasteiger partial charge in [0, 0.05) is 37.9 Å². The number of carbonyl (C=O) groups is 2. The standard InChI is InChI=1S/C19H28N4O2/c1-20-16-9-12-22(13-10-16)18(24)15-6-5-11-23(14-15)19(25)21-17-7-3-2-4-8-17/h2-4,7-8,15-16,20H,5-6,9-14H2,1H3,(H,21,25). The minimum atomic E-state index is -0.113. The number of carbonyl (C=O) groups excluding carboxylic acids is 2. The van der Waals surface area contributed by atoms with Gasteiger partial charge >= 0.3 is 6.03 Å². The molecule has 1 unspecified atom stereocenters. The van der Waals surface area contributed by atoms with Gasteiger partial charge in [-0.3, -0.25) is 4.79 Å². The number of rotatable bonds is 3. The van der Waals surface area contributed by atoms with E-state index in [0.29, 0.717) is 19.1 Å². The van der Waals surface area contributed by atoms with Gasteiger partial charge in [0.1, 0.15) is 0 Å². The Hall–Kier alpha value is -2.08. The van der Waals surface area contributed by atoms with Gasteiger partial charge in [-0.05, 0) is 44.9 Å². The van der Waals surface area contributed by atoms with E-state index in [1.807, 2.05) is 42.3 Å². The Kier molecular flexibility index (Phi) is 5.91. The molecule has 2 aliphatic heterocycles. The van der Waals surface area contributed by atoms with Gasteiger partial charge in [-0.2, -0.15) is 0 Å². The van der Waals surface area contributed by atoms with Crippen molar-refractivity contribution in [1.29, 1.82) is 0 Å². The second kappa shape index (κ2) is 8.34. The number of anilines is 1. The Bertz CT molecular complexity index is 584. The first-order valence-corrected chi connectivity index (χ1v) is 9.24. The zero-order valence-corrected chi connectivity index (χ0v) is 14.9. The zero-order chi connectivity index (χ0) is 17.6. The molecule has 0 aromatic heterocycles. The fourth-order valence-electron chi connectivity index (χ4n) is 3.73. The topological polar surface area (TPSA) is 64.7 Å². The molecule has 1 aromatic carbocycles. The summed E-state index contributed by atoms with van der Waals surface area (Å²) >= 11 is 0. The number of amides is 3. The van der Waals surface area contributed by atoms with Crippen molar-refractivity contribution in [3.63, 3.8) is 0 Å². The summed E-state index contributed by atoms with van der Waals surface area (Å²) in [7, 11) is 1.98. The monoisotopic (exact) mass is 344 g/mol. The van der Waals surface area contributed by atoms with Crippen LogP contribution in [-0.2, 0) is 4.79 Å². The van der Waals surface area contributed by atoms with Crippen LogP contribution in [0, 0.1) is 5.92 Å². The van der Waals surface area contributed by atoms with Gasteiger partial charge in [0.25, 0.3) is 0 Å². The van der Waals surface area contributed by atoms with E-state index in [9.17, 15) is 9.59 Å². The van der Waals surface area contributed by atoms with Crippen LogP contribution in [0.1, 0.15) is 25.7 Å². The van der Waals surface area contributed by atoms with E-state index >= 15 is 0 Å². The molecule has 2 heterocycles. The van der Waals surface area contributed by atoms with Crippen molar-refractivity contribution < 1.29 is 9.59 Å². The van der Waals surface area contributed by atoms with Gasteiger partial charge in [-0.15, -0.1) is 0 Å². The molecule has 0 spiro atoms. The lowest BCUT2D eigenvalue weighted by Gasteiger charge is -2.37. The Morgan fingerprint density at radius 3 is 2.40 bits per heavy atom. The van der Waals surface area contributed by atoms with Crippen LogP contribution in [0.4, 0.5) is 10.5 Å². The number of nitrogens with one attached hydrogen (secondary N) is 2. The molecule has 3 rings (SSSR count). The summed E-state index contributed by atoms with van der Waals surface area (Å²) in [6.07, 6.45) is 3.77. The van der Waals surface area contributed by atoms with Gasteiger partial charge < -0.3 is 20.4 Å². The molecule has 0 bridgehead atoms. The fourth-order valence-corrected chi connectivity index (χ4v) is 3.73. The maximum Gasteiger partial charge on any atom is 0.321 e. The smallest absolute Gasteiger partial charge is 0.321 e. The Labute approximate surface area is 149 Å². The molecular formula is C19H28N4O2. The molecule has 0 aliphatic carbocycles. The van der Waals surface area contributed by atoms with E-state index in [0.717, 1.165) is 44.5 Å². The summed E-state index contributed by atoms with van der Waals surface area (Å²) in [6, 6.07) is 9.86. The molecule has 2 saturated heterocycles. The van der Waals surface area contributed by atoms with Crippen LogP contribution in [0.25, 0.3) is 0 Å². The normalized spacial score (nSPS) is 21.9. The highest BCUT2D eigenvalue weighted by molar-refractivity contribution is 5.90. The lowest BCUT2D eigenvalue weighted by molar-refractivity contribution is -0.138. The van der Waals surface area contributed by atoms with E-state index in [1.165, 1.54) is 0 Å². The van der Waals surface area contributed by atoms with Gasteiger partial charge in [-0.1, -0.05) is 18.2 Å². The number of likely N-dealkylation sites (tertiary alicyclic amines) is 2. The number of benzene rings is 1. The van der Waals surface area contributed by atoms with Crippen LogP contribution in [0.3, 0.4) is 0 Å². The highest BCUT2D eigenvalue weighted by Crippen LogP contribution is 2.22. The van der Waals surface area contributed by atoms with Crippen LogP contribution in [0.5, 0.6) is 0 Å². The molecule has 2 fully saturated rings. The second-order valence-corrected chi connectivity index (χ2v) is 6.97. The van der Waals surface area contributed by atoms with Crippen LogP contribution in [-0.4, -0.2) is 61.0 Å². The molecule has 6 heteroatoms. The van der Waals surface area contributed by atoms with Crippen LogP contribution in [0.2, 0.25) is 0 Å². The molecule has 6 nitrogen and oxygen atoms in total. The van der Waals surface area contributed by atoms with Crippen LogP contribution >= 0.6 is 0 Å². The van der Waals surface area contributed by atoms with E-state index in [4.69, 9.17) is 0 Å². The third-order valence-electron chi connectivity index (χ3n) is 5.30. The molecular weight excluding hydrogens is 316 g/mol. The molecule has 1 aromatic rings. The number of urea groups is 1. The maximum atomic E-state index is 12.8. The molecule has 2 aliphatic rings. The predicted molar refractivity (Wildman–Crippen MR) is 98.4 cm³/mol. The molecule has 0 radical (unpaired) electrons. The molecule has 136 valence electrons. The summed E-state index contributed by atoms with van der Waals surface area (Å²) in [5.74, 6) is 0.146. The lowest BCUT2D eigenvalue weighted by atomic mass is 9.95. The predicted octanol–water partition coefficient (Wildman–Crippen LogP) is 2.14. The quantitative estimate of drug-likeness (QED) is 0.883. The summed E-state index contributed by atoms with van der Waals surface area (Å²) < 4.78 is 0. The van der Waals surface area contributed by atoms with E-state index < -0.39 is 0 Å². The number of hydrogen-bond acceptors (Lipinski definition) is 3. The second-order valence-electron chi connectivity index (χ2n) is 6.97. The van der Waals surface area contributed by atoms with Crippen molar-refractivity contribution >= 4 is 17.6 Å². The highest BCUT2D eigenvalue weighted by atomic mass is 16.2. The third-order valence-corrected chi connectivity index (χ3v) is 5.30. The fraction of sp³-hybridized carbons (Fsp3) is 0.579. The third kappa shape index (κ3) is 4.51. The molecule has 3 amide bonds. The average Bonchev–Trinajstić information content (AvgIpc) is 2.68. The van der Waals surface area contributed by atoms with E-state index in [2.05, 4.69) is 10.6 Å². The van der Waals surface area contributed by atoms with Crippen LogP contribution < -0.4 is 10.6 Å². The van der Waals surface area contributed by atoms with E-state index in [1.54, 1.807) is 4.90 Å². The van der Waals surface area contributed by atoms with Gasteiger partial charge in [-0.25, -0.2) is 4.79 Å².